The Labute approximate surface area is 120 Å². The fourth-order valence-electron chi connectivity index (χ4n) is 1.11. The number of hydrogen-bond donors (Lipinski definition) is 0. The van der Waals surface area contributed by atoms with Gasteiger partial charge in [-0.25, -0.2) is 0 Å². The summed E-state index contributed by atoms with van der Waals surface area (Å²) in [6, 6.07) is 0. The highest BCUT2D eigenvalue weighted by Gasteiger charge is 2.06. The molecule has 6 heteroatoms. The van der Waals surface area contributed by atoms with Crippen LogP contribution in [0.5, 0.6) is 0 Å². The number of rotatable bonds is 14. The van der Waals surface area contributed by atoms with Crippen LogP contribution < -0.4 is 0 Å². The highest BCUT2D eigenvalue weighted by Crippen LogP contribution is 1.94. The van der Waals surface area contributed by atoms with Gasteiger partial charge < -0.3 is 18.9 Å². The molecule has 6 nitrogen and oxygen atoms in total. The van der Waals surface area contributed by atoms with Gasteiger partial charge in [0.2, 0.25) is 0 Å². The summed E-state index contributed by atoms with van der Waals surface area (Å²) in [5.74, 6) is 0.109. The zero-order chi connectivity index (χ0) is 15.2. The maximum absolute atomic E-state index is 11.2. The van der Waals surface area contributed by atoms with E-state index in [-0.39, 0.29) is 30.7 Å². The average Bonchev–Trinajstić information content (AvgIpc) is 2.39. The number of carbonyl (C=O) groups is 2. The van der Waals surface area contributed by atoms with Crippen molar-refractivity contribution >= 4 is 11.6 Å². The van der Waals surface area contributed by atoms with Gasteiger partial charge in [-0.05, 0) is 6.92 Å². The molecule has 20 heavy (non-hydrogen) atoms. The quantitative estimate of drug-likeness (QED) is 0.442. The van der Waals surface area contributed by atoms with Crippen LogP contribution in [0.4, 0.5) is 0 Å². The van der Waals surface area contributed by atoms with Gasteiger partial charge in [-0.3, -0.25) is 9.59 Å². The zero-order valence-corrected chi connectivity index (χ0v) is 12.7. The van der Waals surface area contributed by atoms with Gasteiger partial charge >= 0.3 is 0 Å². The molecule has 118 valence electrons. The molecule has 0 bridgehead atoms. The van der Waals surface area contributed by atoms with Crippen LogP contribution in [0.2, 0.25) is 0 Å². The van der Waals surface area contributed by atoms with Gasteiger partial charge in [-0.2, -0.15) is 0 Å². The van der Waals surface area contributed by atoms with E-state index in [0.29, 0.717) is 39.6 Å². The minimum atomic E-state index is 0.00396. The van der Waals surface area contributed by atoms with Crippen molar-refractivity contribution in [3.05, 3.63) is 0 Å². The Balaban J connectivity index is 3.10. The van der Waals surface area contributed by atoms with E-state index in [2.05, 4.69) is 0 Å². The molecule has 0 saturated carbocycles. The number of ketones is 2. The standard InChI is InChI=1S/C14H26O6/c1-12(2)14(16)11-20-9-7-18-5-4-17-6-8-19-10-13(3)15/h12H,4-11H2,1-3H3. The zero-order valence-electron chi connectivity index (χ0n) is 12.7. The Morgan fingerprint density at radius 1 is 0.750 bits per heavy atom. The Morgan fingerprint density at radius 3 is 1.55 bits per heavy atom. The van der Waals surface area contributed by atoms with Crippen molar-refractivity contribution in [3.63, 3.8) is 0 Å². The maximum atomic E-state index is 11.2. The third-order valence-corrected chi connectivity index (χ3v) is 2.31. The SMILES string of the molecule is CC(=O)COCCOCCOCCOCC(=O)C(C)C. The van der Waals surface area contributed by atoms with Crippen molar-refractivity contribution in [2.45, 2.75) is 20.8 Å². The summed E-state index contributed by atoms with van der Waals surface area (Å²) in [5, 5.41) is 0. The highest BCUT2D eigenvalue weighted by molar-refractivity contribution is 5.81. The second-order valence-corrected chi connectivity index (χ2v) is 4.65. The molecular formula is C14H26O6. The molecule has 0 radical (unpaired) electrons. The van der Waals surface area contributed by atoms with Crippen LogP contribution in [0.25, 0.3) is 0 Å². The Morgan fingerprint density at radius 2 is 1.15 bits per heavy atom. The molecule has 0 aromatic heterocycles. The van der Waals surface area contributed by atoms with Gasteiger partial charge in [-0.1, -0.05) is 13.8 Å². The maximum Gasteiger partial charge on any atom is 0.160 e. The molecule has 0 aliphatic carbocycles. The van der Waals surface area contributed by atoms with Crippen LogP contribution in [0.3, 0.4) is 0 Å². The summed E-state index contributed by atoms with van der Waals surface area (Å²) in [6.45, 7) is 8.07. The largest absolute Gasteiger partial charge is 0.377 e. The molecule has 0 saturated heterocycles. The van der Waals surface area contributed by atoms with E-state index >= 15 is 0 Å². The monoisotopic (exact) mass is 290 g/mol. The van der Waals surface area contributed by atoms with E-state index in [1.54, 1.807) is 0 Å². The van der Waals surface area contributed by atoms with Crippen LogP contribution in [-0.4, -0.2) is 64.4 Å². The van der Waals surface area contributed by atoms with Crippen molar-refractivity contribution in [1.29, 1.82) is 0 Å². The smallest absolute Gasteiger partial charge is 0.160 e. The van der Waals surface area contributed by atoms with Crippen molar-refractivity contribution < 1.29 is 28.5 Å². The number of carbonyl (C=O) groups excluding carboxylic acids is 2. The molecule has 0 aliphatic rings. The molecule has 0 unspecified atom stereocenters. The van der Waals surface area contributed by atoms with Gasteiger partial charge in [0.15, 0.2) is 11.6 Å². The third-order valence-electron chi connectivity index (χ3n) is 2.31. The fraction of sp³-hybridized carbons (Fsp3) is 0.857. The lowest BCUT2D eigenvalue weighted by atomic mass is 10.1. The summed E-state index contributed by atoms with van der Waals surface area (Å²) in [6.07, 6.45) is 0. The lowest BCUT2D eigenvalue weighted by Crippen LogP contribution is -2.17. The van der Waals surface area contributed by atoms with Crippen molar-refractivity contribution in [2.24, 2.45) is 5.92 Å². The first-order valence-electron chi connectivity index (χ1n) is 6.87. The molecular weight excluding hydrogens is 264 g/mol. The molecule has 0 spiro atoms. The van der Waals surface area contributed by atoms with Gasteiger partial charge in [0.1, 0.15) is 13.2 Å². The third kappa shape index (κ3) is 13.6. The van der Waals surface area contributed by atoms with E-state index in [1.165, 1.54) is 6.92 Å². The number of Topliss-reactive ketones (excluding diaryl/α,β-unsaturated/α-hetero) is 2. The summed E-state index contributed by atoms with van der Waals surface area (Å²) >= 11 is 0. The molecule has 0 N–H and O–H groups in total. The Kier molecular flexibility index (Phi) is 12.6. The molecule has 0 heterocycles. The van der Waals surface area contributed by atoms with Gasteiger partial charge in [-0.15, -0.1) is 0 Å². The van der Waals surface area contributed by atoms with Crippen LogP contribution >= 0.6 is 0 Å². The molecule has 0 aliphatic heterocycles. The lowest BCUT2D eigenvalue weighted by molar-refractivity contribution is -0.127. The van der Waals surface area contributed by atoms with Gasteiger partial charge in [0.05, 0.1) is 39.6 Å². The fourth-order valence-corrected chi connectivity index (χ4v) is 1.11. The van der Waals surface area contributed by atoms with E-state index in [9.17, 15) is 9.59 Å². The summed E-state index contributed by atoms with van der Waals surface area (Å²) < 4.78 is 20.7. The first kappa shape index (κ1) is 19.2. The first-order valence-corrected chi connectivity index (χ1v) is 6.87. The molecule has 0 aromatic carbocycles. The average molecular weight is 290 g/mol. The summed E-state index contributed by atoms with van der Waals surface area (Å²) in [7, 11) is 0. The molecule has 0 aromatic rings. The predicted molar refractivity (Wildman–Crippen MR) is 73.8 cm³/mol. The van der Waals surface area contributed by atoms with Gasteiger partial charge in [0.25, 0.3) is 0 Å². The van der Waals surface area contributed by atoms with E-state index in [0.717, 1.165) is 0 Å². The lowest BCUT2D eigenvalue weighted by Gasteiger charge is -2.07. The van der Waals surface area contributed by atoms with Gasteiger partial charge in [0, 0.05) is 5.92 Å². The van der Waals surface area contributed by atoms with E-state index in [4.69, 9.17) is 18.9 Å². The van der Waals surface area contributed by atoms with Crippen molar-refractivity contribution in [3.8, 4) is 0 Å². The molecule has 0 atom stereocenters. The van der Waals surface area contributed by atoms with E-state index < -0.39 is 0 Å². The van der Waals surface area contributed by atoms with E-state index in [1.807, 2.05) is 13.8 Å². The minimum Gasteiger partial charge on any atom is -0.377 e. The second kappa shape index (κ2) is 13.2. The highest BCUT2D eigenvalue weighted by atomic mass is 16.6. The molecule has 0 fully saturated rings. The Hall–Kier alpha value is -0.820. The predicted octanol–water partition coefficient (Wildman–Crippen LogP) is 0.867. The first-order chi connectivity index (χ1) is 9.54. The summed E-state index contributed by atoms with van der Waals surface area (Å²) in [5.41, 5.74) is 0. The van der Waals surface area contributed by atoms with Crippen molar-refractivity contribution in [1.82, 2.24) is 0 Å². The minimum absolute atomic E-state index is 0.00396. The second-order valence-electron chi connectivity index (χ2n) is 4.65. The topological polar surface area (TPSA) is 71.1 Å². The van der Waals surface area contributed by atoms with Crippen LogP contribution in [0.15, 0.2) is 0 Å². The number of hydrogen-bond acceptors (Lipinski definition) is 6. The Bertz CT molecular complexity index is 264. The normalized spacial score (nSPS) is 11.0. The van der Waals surface area contributed by atoms with Crippen molar-refractivity contribution in [2.75, 3.05) is 52.9 Å². The summed E-state index contributed by atoms with van der Waals surface area (Å²) in [4.78, 5) is 21.8. The molecule has 0 amide bonds. The van der Waals surface area contributed by atoms with Crippen LogP contribution in [-0.2, 0) is 28.5 Å². The molecule has 0 rings (SSSR count). The van der Waals surface area contributed by atoms with Crippen LogP contribution in [0, 0.1) is 5.92 Å². The number of ether oxygens (including phenoxy) is 4. The van der Waals surface area contributed by atoms with Crippen LogP contribution in [0.1, 0.15) is 20.8 Å².